The van der Waals surface area contributed by atoms with E-state index >= 15 is 0 Å². The van der Waals surface area contributed by atoms with Gasteiger partial charge in [0.25, 0.3) is 11.8 Å². The molecule has 1 N–H and O–H groups in total. The van der Waals surface area contributed by atoms with Crippen molar-refractivity contribution in [1.29, 1.82) is 0 Å². The molecule has 162 valence electrons. The van der Waals surface area contributed by atoms with Gasteiger partial charge >= 0.3 is 0 Å². The second-order valence-corrected chi connectivity index (χ2v) is 7.07. The minimum atomic E-state index is -0.358. The van der Waals surface area contributed by atoms with Gasteiger partial charge in [-0.2, -0.15) is 0 Å². The van der Waals surface area contributed by atoms with E-state index in [2.05, 4.69) is 39.6 Å². The standard InChI is InChI=1S/C20H28N6O4/c1-6-26(20(28)16-8-10-18(30-5)25-23-16)12-14(11-13(2)3)21-19(27)15-7-9-17(29-4)24-22-15/h7-10,13-14H,6,11-12H2,1-5H3,(H,21,27). The predicted molar refractivity (Wildman–Crippen MR) is 109 cm³/mol. The first-order valence-electron chi connectivity index (χ1n) is 9.73. The molecular weight excluding hydrogens is 388 g/mol. The second-order valence-electron chi connectivity index (χ2n) is 7.07. The molecule has 0 radical (unpaired) electrons. The first-order valence-corrected chi connectivity index (χ1v) is 9.73. The van der Waals surface area contributed by atoms with Crippen LogP contribution in [0, 0.1) is 5.92 Å². The van der Waals surface area contributed by atoms with Gasteiger partial charge in [-0.15, -0.1) is 20.4 Å². The van der Waals surface area contributed by atoms with E-state index in [0.717, 1.165) is 0 Å². The number of aromatic nitrogens is 4. The molecule has 0 aromatic carbocycles. The summed E-state index contributed by atoms with van der Waals surface area (Å²) in [6.07, 6.45) is 0.688. The monoisotopic (exact) mass is 416 g/mol. The Morgan fingerprint density at radius 3 is 1.97 bits per heavy atom. The van der Waals surface area contributed by atoms with Crippen LogP contribution < -0.4 is 14.8 Å². The lowest BCUT2D eigenvalue weighted by Gasteiger charge is -2.28. The number of amides is 2. The molecule has 2 aromatic heterocycles. The van der Waals surface area contributed by atoms with E-state index in [-0.39, 0.29) is 29.2 Å². The van der Waals surface area contributed by atoms with Crippen LogP contribution in [0.3, 0.4) is 0 Å². The van der Waals surface area contributed by atoms with Crippen molar-refractivity contribution in [3.05, 3.63) is 35.7 Å². The van der Waals surface area contributed by atoms with Gasteiger partial charge in [-0.05, 0) is 31.4 Å². The van der Waals surface area contributed by atoms with E-state index < -0.39 is 0 Å². The fourth-order valence-corrected chi connectivity index (χ4v) is 2.88. The zero-order valence-corrected chi connectivity index (χ0v) is 18.0. The van der Waals surface area contributed by atoms with Crippen molar-refractivity contribution >= 4 is 11.8 Å². The third-order valence-corrected chi connectivity index (χ3v) is 4.35. The first-order chi connectivity index (χ1) is 14.4. The Balaban J connectivity index is 2.11. The summed E-state index contributed by atoms with van der Waals surface area (Å²) >= 11 is 0. The average molecular weight is 416 g/mol. The maximum atomic E-state index is 12.9. The first kappa shape index (κ1) is 23.0. The predicted octanol–water partition coefficient (Wildman–Crippen LogP) is 1.59. The van der Waals surface area contributed by atoms with E-state index in [4.69, 9.17) is 9.47 Å². The van der Waals surface area contributed by atoms with Crippen LogP contribution in [-0.2, 0) is 0 Å². The number of rotatable bonds is 10. The van der Waals surface area contributed by atoms with Crippen LogP contribution in [0.25, 0.3) is 0 Å². The zero-order chi connectivity index (χ0) is 22.1. The largest absolute Gasteiger partial charge is 0.480 e. The molecule has 0 fully saturated rings. The van der Waals surface area contributed by atoms with Crippen molar-refractivity contribution in [2.45, 2.75) is 33.2 Å². The number of carbonyl (C=O) groups is 2. The molecule has 2 amide bonds. The molecule has 0 saturated heterocycles. The normalized spacial score (nSPS) is 11.7. The fraction of sp³-hybridized carbons (Fsp3) is 0.500. The third kappa shape index (κ3) is 6.36. The van der Waals surface area contributed by atoms with Gasteiger partial charge in [0.1, 0.15) is 0 Å². The number of hydrogen-bond donors (Lipinski definition) is 1. The lowest BCUT2D eigenvalue weighted by atomic mass is 10.0. The van der Waals surface area contributed by atoms with Crippen molar-refractivity contribution in [3.63, 3.8) is 0 Å². The summed E-state index contributed by atoms with van der Waals surface area (Å²) in [4.78, 5) is 27.1. The van der Waals surface area contributed by atoms with Crippen LogP contribution in [0.2, 0.25) is 0 Å². The highest BCUT2D eigenvalue weighted by Crippen LogP contribution is 2.12. The molecule has 10 nitrogen and oxygen atoms in total. The molecule has 0 aliphatic rings. The Kier molecular flexibility index (Phi) is 8.45. The summed E-state index contributed by atoms with van der Waals surface area (Å²) in [5, 5.41) is 18.4. The summed E-state index contributed by atoms with van der Waals surface area (Å²) in [7, 11) is 2.96. The van der Waals surface area contributed by atoms with Crippen molar-refractivity contribution in [2.24, 2.45) is 5.92 Å². The van der Waals surface area contributed by atoms with E-state index in [0.29, 0.717) is 37.2 Å². The highest BCUT2D eigenvalue weighted by atomic mass is 16.5. The van der Waals surface area contributed by atoms with E-state index in [1.54, 1.807) is 29.2 Å². The quantitative estimate of drug-likeness (QED) is 0.620. The highest BCUT2D eigenvalue weighted by Gasteiger charge is 2.23. The summed E-state index contributed by atoms with van der Waals surface area (Å²) < 4.78 is 9.94. The van der Waals surface area contributed by atoms with Crippen molar-refractivity contribution < 1.29 is 19.1 Å². The number of nitrogens with one attached hydrogen (secondary N) is 1. The van der Waals surface area contributed by atoms with Crippen LogP contribution >= 0.6 is 0 Å². The Morgan fingerprint density at radius 2 is 1.53 bits per heavy atom. The van der Waals surface area contributed by atoms with E-state index in [1.807, 2.05) is 6.92 Å². The number of nitrogens with zero attached hydrogens (tertiary/aromatic N) is 5. The lowest BCUT2D eigenvalue weighted by molar-refractivity contribution is 0.0719. The molecule has 10 heteroatoms. The number of methoxy groups -OCH3 is 2. The van der Waals surface area contributed by atoms with Gasteiger partial charge in [0.15, 0.2) is 11.4 Å². The number of carbonyl (C=O) groups excluding carboxylic acids is 2. The SMILES string of the molecule is CCN(CC(CC(C)C)NC(=O)c1ccc(OC)nn1)C(=O)c1ccc(OC)nn1. The van der Waals surface area contributed by atoms with Crippen LogP contribution in [0.5, 0.6) is 11.8 Å². The Labute approximate surface area is 176 Å². The second kappa shape index (κ2) is 11.0. The van der Waals surface area contributed by atoms with Crippen molar-refractivity contribution in [3.8, 4) is 11.8 Å². The minimum absolute atomic E-state index is 0.181. The maximum absolute atomic E-state index is 12.9. The van der Waals surface area contributed by atoms with Gasteiger partial charge in [-0.1, -0.05) is 13.8 Å². The smallest absolute Gasteiger partial charge is 0.274 e. The summed E-state index contributed by atoms with van der Waals surface area (Å²) in [5.74, 6) is 0.351. The Hall–Kier alpha value is -3.30. The van der Waals surface area contributed by atoms with Crippen molar-refractivity contribution in [1.82, 2.24) is 30.6 Å². The molecule has 2 heterocycles. The molecule has 0 saturated carbocycles. The van der Waals surface area contributed by atoms with Crippen LogP contribution in [0.15, 0.2) is 24.3 Å². The third-order valence-electron chi connectivity index (χ3n) is 4.35. The van der Waals surface area contributed by atoms with Crippen LogP contribution in [0.4, 0.5) is 0 Å². The maximum Gasteiger partial charge on any atom is 0.274 e. The zero-order valence-electron chi connectivity index (χ0n) is 18.0. The minimum Gasteiger partial charge on any atom is -0.480 e. The molecule has 1 unspecified atom stereocenters. The van der Waals surface area contributed by atoms with Gasteiger partial charge in [-0.25, -0.2) is 0 Å². The molecular formula is C20H28N6O4. The molecule has 2 aromatic rings. The fourth-order valence-electron chi connectivity index (χ4n) is 2.88. The lowest BCUT2D eigenvalue weighted by Crippen LogP contribution is -2.46. The molecule has 30 heavy (non-hydrogen) atoms. The number of ether oxygens (including phenoxy) is 2. The molecule has 0 aliphatic carbocycles. The van der Waals surface area contributed by atoms with E-state index in [9.17, 15) is 9.59 Å². The molecule has 0 bridgehead atoms. The molecule has 0 aliphatic heterocycles. The van der Waals surface area contributed by atoms with Crippen molar-refractivity contribution in [2.75, 3.05) is 27.3 Å². The van der Waals surface area contributed by atoms with Gasteiger partial charge in [0.2, 0.25) is 11.8 Å². The summed E-state index contributed by atoms with van der Waals surface area (Å²) in [6.45, 7) is 6.77. The van der Waals surface area contributed by atoms with Gasteiger partial charge in [-0.3, -0.25) is 9.59 Å². The van der Waals surface area contributed by atoms with Crippen LogP contribution in [0.1, 0.15) is 48.2 Å². The Morgan fingerprint density at radius 1 is 0.967 bits per heavy atom. The average Bonchev–Trinajstić information content (AvgIpc) is 2.76. The van der Waals surface area contributed by atoms with Gasteiger partial charge < -0.3 is 19.7 Å². The summed E-state index contributed by atoms with van der Waals surface area (Å²) in [6, 6.07) is 6.01. The highest BCUT2D eigenvalue weighted by molar-refractivity contribution is 5.93. The Bertz CT molecular complexity index is 826. The van der Waals surface area contributed by atoms with E-state index in [1.165, 1.54) is 14.2 Å². The van der Waals surface area contributed by atoms with Gasteiger partial charge in [0.05, 0.1) is 14.2 Å². The molecule has 0 spiro atoms. The molecule has 2 rings (SSSR count). The topological polar surface area (TPSA) is 119 Å². The summed E-state index contributed by atoms with van der Waals surface area (Å²) in [5.41, 5.74) is 0.397. The number of hydrogen-bond acceptors (Lipinski definition) is 8. The van der Waals surface area contributed by atoms with Crippen LogP contribution in [-0.4, -0.2) is 70.5 Å². The number of likely N-dealkylation sites (N-methyl/N-ethyl adjacent to an activating group) is 1. The molecule has 1 atom stereocenters. The van der Waals surface area contributed by atoms with Gasteiger partial charge in [0, 0.05) is 31.3 Å².